The summed E-state index contributed by atoms with van der Waals surface area (Å²) < 4.78 is 5.01. The summed E-state index contributed by atoms with van der Waals surface area (Å²) in [5.41, 5.74) is 2.84. The highest BCUT2D eigenvalue weighted by molar-refractivity contribution is 6.00. The van der Waals surface area contributed by atoms with Crippen LogP contribution in [0.1, 0.15) is 30.9 Å². The van der Waals surface area contributed by atoms with E-state index in [9.17, 15) is 14.7 Å². The maximum absolute atomic E-state index is 12.5. The summed E-state index contributed by atoms with van der Waals surface area (Å²) in [5.74, 6) is -0.158. The van der Waals surface area contributed by atoms with Crippen LogP contribution in [0.5, 0.6) is 11.5 Å². The second-order valence-electron chi connectivity index (χ2n) is 7.05. The second-order valence-corrected chi connectivity index (χ2v) is 7.05. The van der Waals surface area contributed by atoms with Gasteiger partial charge in [-0.1, -0.05) is 31.5 Å². The van der Waals surface area contributed by atoms with E-state index in [2.05, 4.69) is 12.2 Å². The van der Waals surface area contributed by atoms with Gasteiger partial charge in [-0.3, -0.25) is 9.59 Å². The number of benzene rings is 2. The zero-order valence-electron chi connectivity index (χ0n) is 16.3. The average molecular weight is 382 g/mol. The number of phenolic OH excluding ortho intramolecular Hbond substituents is 1. The normalized spacial score (nSPS) is 16.3. The van der Waals surface area contributed by atoms with Gasteiger partial charge in [-0.15, -0.1) is 0 Å². The number of aromatic hydroxyl groups is 1. The van der Waals surface area contributed by atoms with E-state index in [0.717, 1.165) is 24.1 Å². The molecule has 6 nitrogen and oxygen atoms in total. The lowest BCUT2D eigenvalue weighted by atomic mass is 10.1. The van der Waals surface area contributed by atoms with Crippen LogP contribution in [0.3, 0.4) is 0 Å². The van der Waals surface area contributed by atoms with Crippen molar-refractivity contribution in [2.24, 2.45) is 5.92 Å². The van der Waals surface area contributed by atoms with Gasteiger partial charge in [0.2, 0.25) is 11.8 Å². The van der Waals surface area contributed by atoms with E-state index in [1.807, 2.05) is 24.3 Å². The molecule has 2 aromatic carbocycles. The number of aryl methyl sites for hydroxylation is 1. The van der Waals surface area contributed by atoms with Crippen molar-refractivity contribution < 1.29 is 19.4 Å². The minimum Gasteiger partial charge on any atom is -0.504 e. The number of nitrogens with zero attached hydrogens (tertiary/aromatic N) is 1. The molecule has 3 rings (SSSR count). The molecule has 148 valence electrons. The minimum absolute atomic E-state index is 0.0305. The molecule has 2 N–H and O–H groups in total. The zero-order chi connectivity index (χ0) is 20.1. The number of phenols is 1. The Labute approximate surface area is 165 Å². The topological polar surface area (TPSA) is 78.9 Å². The fraction of sp³-hybridized carbons (Fsp3) is 0.364. The van der Waals surface area contributed by atoms with Crippen molar-refractivity contribution in [2.45, 2.75) is 32.7 Å². The Morgan fingerprint density at radius 3 is 2.57 bits per heavy atom. The van der Waals surface area contributed by atoms with Crippen LogP contribution in [-0.2, 0) is 22.6 Å². The minimum atomic E-state index is -0.380. The van der Waals surface area contributed by atoms with Crippen LogP contribution in [0.4, 0.5) is 5.69 Å². The Kier molecular flexibility index (Phi) is 6.19. The first kappa shape index (κ1) is 19.7. The predicted octanol–water partition coefficient (Wildman–Crippen LogP) is 3.02. The first-order valence-corrected chi connectivity index (χ1v) is 9.54. The molecule has 2 amide bonds. The molecule has 0 radical (unpaired) electrons. The van der Waals surface area contributed by atoms with Crippen LogP contribution >= 0.6 is 0 Å². The van der Waals surface area contributed by atoms with Gasteiger partial charge in [0.15, 0.2) is 11.5 Å². The molecule has 1 heterocycles. The Bertz CT molecular complexity index is 848. The van der Waals surface area contributed by atoms with Crippen molar-refractivity contribution >= 4 is 17.5 Å². The molecule has 2 aromatic rings. The fourth-order valence-corrected chi connectivity index (χ4v) is 3.44. The monoisotopic (exact) mass is 382 g/mol. The molecule has 1 aliphatic heterocycles. The van der Waals surface area contributed by atoms with Gasteiger partial charge < -0.3 is 20.1 Å². The van der Waals surface area contributed by atoms with Gasteiger partial charge in [0.05, 0.1) is 13.0 Å². The first-order chi connectivity index (χ1) is 13.5. The van der Waals surface area contributed by atoms with Crippen LogP contribution in [0.15, 0.2) is 42.5 Å². The molecule has 1 fully saturated rings. The zero-order valence-corrected chi connectivity index (χ0v) is 16.3. The van der Waals surface area contributed by atoms with Crippen LogP contribution in [0.25, 0.3) is 0 Å². The quantitative estimate of drug-likeness (QED) is 0.772. The third-order valence-corrected chi connectivity index (χ3v) is 4.99. The molecule has 1 atom stereocenters. The van der Waals surface area contributed by atoms with Gasteiger partial charge in [0, 0.05) is 25.2 Å². The van der Waals surface area contributed by atoms with E-state index >= 15 is 0 Å². The number of carbonyl (C=O) groups is 2. The summed E-state index contributed by atoms with van der Waals surface area (Å²) in [6, 6.07) is 13.0. The maximum Gasteiger partial charge on any atom is 0.227 e. The van der Waals surface area contributed by atoms with Crippen molar-refractivity contribution in [2.75, 3.05) is 18.6 Å². The number of carbonyl (C=O) groups excluding carboxylic acids is 2. The van der Waals surface area contributed by atoms with Crippen LogP contribution in [0.2, 0.25) is 0 Å². The summed E-state index contributed by atoms with van der Waals surface area (Å²) in [6.45, 7) is 2.80. The number of hydrogen-bond donors (Lipinski definition) is 2. The highest BCUT2D eigenvalue weighted by Gasteiger charge is 2.34. The predicted molar refractivity (Wildman–Crippen MR) is 107 cm³/mol. The van der Waals surface area contributed by atoms with Crippen LogP contribution in [0, 0.1) is 5.92 Å². The van der Waals surface area contributed by atoms with Gasteiger partial charge in [-0.25, -0.2) is 0 Å². The maximum atomic E-state index is 12.5. The Hall–Kier alpha value is -3.02. The lowest BCUT2D eigenvalue weighted by Gasteiger charge is -2.17. The van der Waals surface area contributed by atoms with E-state index in [1.54, 1.807) is 23.1 Å². The molecular formula is C22H26N2O4. The molecule has 1 aliphatic rings. The molecule has 6 heteroatoms. The van der Waals surface area contributed by atoms with Crippen molar-refractivity contribution in [3.05, 3.63) is 53.6 Å². The Balaban J connectivity index is 1.58. The number of nitrogens with one attached hydrogen (secondary N) is 1. The van der Waals surface area contributed by atoms with Gasteiger partial charge in [-0.05, 0) is 41.8 Å². The standard InChI is InChI=1S/C22H26N2O4/c1-3-4-15-5-8-18(9-6-15)24-14-17(12-21(24)26)22(27)23-13-16-7-10-20(28-2)19(25)11-16/h5-11,17,25H,3-4,12-14H2,1-2H3,(H,23,27). The number of methoxy groups -OCH3 is 1. The number of rotatable bonds is 7. The smallest absolute Gasteiger partial charge is 0.227 e. The molecule has 0 bridgehead atoms. The molecule has 0 spiro atoms. The third-order valence-electron chi connectivity index (χ3n) is 4.99. The van der Waals surface area contributed by atoms with Crippen molar-refractivity contribution in [1.82, 2.24) is 5.32 Å². The fourth-order valence-electron chi connectivity index (χ4n) is 3.44. The number of anilines is 1. The second kappa shape index (κ2) is 8.78. The third kappa shape index (κ3) is 4.44. The van der Waals surface area contributed by atoms with Crippen LogP contribution < -0.4 is 15.0 Å². The van der Waals surface area contributed by atoms with Gasteiger partial charge >= 0.3 is 0 Å². The molecule has 28 heavy (non-hydrogen) atoms. The van der Waals surface area contributed by atoms with Gasteiger partial charge in [0.25, 0.3) is 0 Å². The van der Waals surface area contributed by atoms with Crippen molar-refractivity contribution in [3.8, 4) is 11.5 Å². The molecule has 1 saturated heterocycles. The largest absolute Gasteiger partial charge is 0.504 e. The summed E-state index contributed by atoms with van der Waals surface area (Å²) in [5, 5.41) is 12.7. The average Bonchev–Trinajstić information content (AvgIpc) is 3.09. The number of hydrogen-bond acceptors (Lipinski definition) is 4. The van der Waals surface area contributed by atoms with E-state index in [-0.39, 0.29) is 36.4 Å². The number of amides is 2. The summed E-state index contributed by atoms with van der Waals surface area (Å²) in [6.07, 6.45) is 2.30. The molecule has 0 aliphatic carbocycles. The highest BCUT2D eigenvalue weighted by atomic mass is 16.5. The SMILES string of the molecule is CCCc1ccc(N2CC(C(=O)NCc3ccc(OC)c(O)c3)CC2=O)cc1. The van der Waals surface area contributed by atoms with Gasteiger partial charge in [0.1, 0.15) is 0 Å². The highest BCUT2D eigenvalue weighted by Crippen LogP contribution is 2.27. The summed E-state index contributed by atoms with van der Waals surface area (Å²) in [7, 11) is 1.48. The van der Waals surface area contributed by atoms with Crippen molar-refractivity contribution in [1.29, 1.82) is 0 Å². The number of ether oxygens (including phenoxy) is 1. The lowest BCUT2D eigenvalue weighted by Crippen LogP contribution is -2.32. The lowest BCUT2D eigenvalue weighted by molar-refractivity contribution is -0.126. The summed E-state index contributed by atoms with van der Waals surface area (Å²) in [4.78, 5) is 26.6. The molecular weight excluding hydrogens is 356 g/mol. The van der Waals surface area contributed by atoms with Crippen molar-refractivity contribution in [3.63, 3.8) is 0 Å². The van der Waals surface area contributed by atoms with Crippen LogP contribution in [-0.4, -0.2) is 30.6 Å². The Morgan fingerprint density at radius 2 is 1.93 bits per heavy atom. The van der Waals surface area contributed by atoms with E-state index < -0.39 is 0 Å². The molecule has 1 unspecified atom stereocenters. The van der Waals surface area contributed by atoms with Gasteiger partial charge in [-0.2, -0.15) is 0 Å². The van der Waals surface area contributed by atoms with E-state index in [4.69, 9.17) is 4.74 Å². The van der Waals surface area contributed by atoms with E-state index in [1.165, 1.54) is 12.7 Å². The Morgan fingerprint density at radius 1 is 1.21 bits per heavy atom. The molecule has 0 aromatic heterocycles. The first-order valence-electron chi connectivity index (χ1n) is 9.54. The molecule has 0 saturated carbocycles. The summed E-state index contributed by atoms with van der Waals surface area (Å²) >= 11 is 0. The van der Waals surface area contributed by atoms with E-state index in [0.29, 0.717) is 12.3 Å².